The number of ketones is 1. The number of hydrogen-bond donors (Lipinski definition) is 1. The number of carbonyl (C=O) groups excluding carboxylic acids is 2. The third-order valence-electron chi connectivity index (χ3n) is 5.60. The molecule has 0 aliphatic heterocycles. The van der Waals surface area contributed by atoms with E-state index in [0.29, 0.717) is 16.9 Å². The molecule has 0 unspecified atom stereocenters. The van der Waals surface area contributed by atoms with Gasteiger partial charge in [0.1, 0.15) is 19.0 Å². The standard InChI is InChI=1S/C25H23NO9/c1-25(24(29)30,20-9-7-19-12-22(33-2)10-8-18(19)11-20)13-21(27)15-34-23(28)17-5-3-16(4-6-17)14-35-26(31)32/h3-12H,13-15H2,1-2H3,(H,29,30)/t25-/m0/s1. The summed E-state index contributed by atoms with van der Waals surface area (Å²) in [6.07, 6.45) is -0.381. The van der Waals surface area contributed by atoms with Crippen LogP contribution in [-0.2, 0) is 31.2 Å². The Hall–Kier alpha value is -4.47. The van der Waals surface area contributed by atoms with Crippen molar-refractivity contribution in [2.45, 2.75) is 25.4 Å². The van der Waals surface area contributed by atoms with Crippen molar-refractivity contribution in [1.82, 2.24) is 0 Å². The van der Waals surface area contributed by atoms with Gasteiger partial charge in [-0.15, -0.1) is 10.1 Å². The maximum atomic E-state index is 12.6. The van der Waals surface area contributed by atoms with Crippen LogP contribution in [0.4, 0.5) is 0 Å². The summed E-state index contributed by atoms with van der Waals surface area (Å²) in [5.74, 6) is -1.86. The Labute approximate surface area is 200 Å². The van der Waals surface area contributed by atoms with Gasteiger partial charge in [-0.1, -0.05) is 30.3 Å². The molecule has 35 heavy (non-hydrogen) atoms. The molecule has 0 aliphatic carbocycles. The smallest absolute Gasteiger partial charge is 0.338 e. The number of carboxylic acid groups (broad SMARTS) is 1. The number of hydrogen-bond acceptors (Lipinski definition) is 8. The zero-order valence-electron chi connectivity index (χ0n) is 19.1. The van der Waals surface area contributed by atoms with Gasteiger partial charge in [-0.3, -0.25) is 9.59 Å². The number of methoxy groups -OCH3 is 1. The van der Waals surface area contributed by atoms with Crippen LogP contribution in [0.15, 0.2) is 60.7 Å². The van der Waals surface area contributed by atoms with Crippen LogP contribution in [0.1, 0.15) is 34.8 Å². The molecule has 3 aromatic carbocycles. The number of fused-ring (bicyclic) bond motifs is 1. The number of Topliss-reactive ketones (excluding diaryl/α,β-unsaturated/α-hetero) is 1. The van der Waals surface area contributed by atoms with Crippen molar-refractivity contribution in [3.63, 3.8) is 0 Å². The van der Waals surface area contributed by atoms with Crippen LogP contribution in [0.2, 0.25) is 0 Å². The summed E-state index contributed by atoms with van der Waals surface area (Å²) in [5, 5.41) is 20.9. The summed E-state index contributed by atoms with van der Waals surface area (Å²) in [6, 6.07) is 16.2. The first kappa shape index (κ1) is 25.2. The Morgan fingerprint density at radius 1 is 1.00 bits per heavy atom. The topological polar surface area (TPSA) is 142 Å². The minimum absolute atomic E-state index is 0.133. The quantitative estimate of drug-likeness (QED) is 0.246. The Kier molecular flexibility index (Phi) is 7.65. The van der Waals surface area contributed by atoms with Crippen LogP contribution in [0, 0.1) is 10.1 Å². The van der Waals surface area contributed by atoms with Crippen molar-refractivity contribution in [2.75, 3.05) is 13.7 Å². The number of carbonyl (C=O) groups is 3. The summed E-state index contributed by atoms with van der Waals surface area (Å²) < 4.78 is 10.3. The molecule has 0 spiro atoms. The molecule has 10 heteroatoms. The summed E-state index contributed by atoms with van der Waals surface area (Å²) in [6.45, 7) is 0.584. The fourth-order valence-electron chi connectivity index (χ4n) is 3.53. The van der Waals surface area contributed by atoms with E-state index in [2.05, 4.69) is 4.84 Å². The molecule has 0 radical (unpaired) electrons. The summed E-state index contributed by atoms with van der Waals surface area (Å²) in [5.41, 5.74) is -0.486. The molecular formula is C25H23NO9. The summed E-state index contributed by atoms with van der Waals surface area (Å²) >= 11 is 0. The molecule has 182 valence electrons. The molecule has 0 aliphatic rings. The van der Waals surface area contributed by atoms with E-state index in [9.17, 15) is 29.6 Å². The van der Waals surface area contributed by atoms with Gasteiger partial charge in [0.2, 0.25) is 0 Å². The molecule has 1 atom stereocenters. The molecule has 0 fully saturated rings. The van der Waals surface area contributed by atoms with Gasteiger partial charge < -0.3 is 19.4 Å². The van der Waals surface area contributed by atoms with Gasteiger partial charge >= 0.3 is 11.9 Å². The molecule has 0 aromatic heterocycles. The largest absolute Gasteiger partial charge is 0.497 e. The maximum absolute atomic E-state index is 12.6. The normalized spacial score (nSPS) is 12.4. The molecule has 0 bridgehead atoms. The van der Waals surface area contributed by atoms with E-state index in [1.807, 2.05) is 6.07 Å². The molecule has 0 saturated heterocycles. The molecule has 0 amide bonds. The second-order valence-corrected chi connectivity index (χ2v) is 8.05. The molecule has 1 N–H and O–H groups in total. The zero-order chi connectivity index (χ0) is 25.6. The SMILES string of the molecule is COc1ccc2cc([C@](C)(CC(=O)COC(=O)c3ccc(CO[N+](=O)[O-])cc3)C(=O)O)ccc2c1. The van der Waals surface area contributed by atoms with E-state index in [1.54, 1.807) is 37.4 Å². The van der Waals surface area contributed by atoms with Gasteiger partial charge in [-0.2, -0.15) is 0 Å². The number of nitrogens with zero attached hydrogens (tertiary/aromatic N) is 1. The van der Waals surface area contributed by atoms with Gasteiger partial charge in [0.05, 0.1) is 18.1 Å². The second-order valence-electron chi connectivity index (χ2n) is 8.05. The van der Waals surface area contributed by atoms with Gasteiger partial charge in [0.25, 0.3) is 5.09 Å². The van der Waals surface area contributed by atoms with E-state index >= 15 is 0 Å². The average molecular weight is 481 g/mol. The molecule has 3 rings (SSSR count). The lowest BCUT2D eigenvalue weighted by molar-refractivity contribution is -0.763. The number of ether oxygens (including phenoxy) is 2. The zero-order valence-corrected chi connectivity index (χ0v) is 19.1. The van der Waals surface area contributed by atoms with Crippen molar-refractivity contribution >= 4 is 28.5 Å². The van der Waals surface area contributed by atoms with Crippen molar-refractivity contribution in [2.24, 2.45) is 0 Å². The number of carboxylic acids is 1. The Bertz CT molecular complexity index is 1270. The summed E-state index contributed by atoms with van der Waals surface area (Å²) in [7, 11) is 1.55. The third kappa shape index (κ3) is 6.11. The summed E-state index contributed by atoms with van der Waals surface area (Å²) in [4.78, 5) is 51.5. The van der Waals surface area contributed by atoms with E-state index in [-0.39, 0.29) is 18.6 Å². The Balaban J connectivity index is 1.66. The van der Waals surface area contributed by atoms with E-state index < -0.39 is 34.8 Å². The number of esters is 1. The van der Waals surface area contributed by atoms with Gasteiger partial charge in [0.15, 0.2) is 5.78 Å². The van der Waals surface area contributed by atoms with Crippen molar-refractivity contribution in [3.05, 3.63) is 87.5 Å². The number of benzene rings is 3. The Morgan fingerprint density at radius 3 is 2.29 bits per heavy atom. The minimum Gasteiger partial charge on any atom is -0.497 e. The molecule has 0 saturated carbocycles. The number of aliphatic carboxylic acids is 1. The molecular weight excluding hydrogens is 458 g/mol. The maximum Gasteiger partial charge on any atom is 0.338 e. The first-order chi connectivity index (χ1) is 16.6. The predicted octanol–water partition coefficient (Wildman–Crippen LogP) is 3.72. The predicted molar refractivity (Wildman–Crippen MR) is 124 cm³/mol. The van der Waals surface area contributed by atoms with Crippen LogP contribution in [0.25, 0.3) is 10.8 Å². The third-order valence-corrected chi connectivity index (χ3v) is 5.60. The van der Waals surface area contributed by atoms with Gasteiger partial charge in [-0.05, 0) is 59.2 Å². The van der Waals surface area contributed by atoms with Crippen LogP contribution in [0.5, 0.6) is 5.75 Å². The van der Waals surface area contributed by atoms with E-state index in [0.717, 1.165) is 10.8 Å². The van der Waals surface area contributed by atoms with Crippen LogP contribution in [0.3, 0.4) is 0 Å². The van der Waals surface area contributed by atoms with Crippen LogP contribution in [-0.4, -0.2) is 41.6 Å². The average Bonchev–Trinajstić information content (AvgIpc) is 2.85. The first-order valence-corrected chi connectivity index (χ1v) is 10.5. The Morgan fingerprint density at radius 2 is 1.66 bits per heavy atom. The van der Waals surface area contributed by atoms with Crippen LogP contribution >= 0.6 is 0 Å². The lowest BCUT2D eigenvalue weighted by atomic mass is 9.77. The van der Waals surface area contributed by atoms with Crippen LogP contribution < -0.4 is 4.74 Å². The molecule has 3 aromatic rings. The second kappa shape index (κ2) is 10.6. The highest BCUT2D eigenvalue weighted by Gasteiger charge is 2.38. The highest BCUT2D eigenvalue weighted by Crippen LogP contribution is 2.32. The van der Waals surface area contributed by atoms with Gasteiger partial charge in [-0.25, -0.2) is 4.79 Å². The van der Waals surface area contributed by atoms with Crippen molar-refractivity contribution in [3.8, 4) is 5.75 Å². The fraction of sp³-hybridized carbons (Fsp3) is 0.240. The van der Waals surface area contributed by atoms with E-state index in [1.165, 1.54) is 31.2 Å². The van der Waals surface area contributed by atoms with Crippen molar-refractivity contribution < 1.29 is 38.9 Å². The monoisotopic (exact) mass is 481 g/mol. The molecule has 10 nitrogen and oxygen atoms in total. The van der Waals surface area contributed by atoms with Crippen molar-refractivity contribution in [1.29, 1.82) is 0 Å². The van der Waals surface area contributed by atoms with E-state index in [4.69, 9.17) is 9.47 Å². The minimum atomic E-state index is -1.53. The highest BCUT2D eigenvalue weighted by atomic mass is 16.9. The first-order valence-electron chi connectivity index (χ1n) is 10.5. The molecule has 0 heterocycles. The number of rotatable bonds is 11. The fourth-order valence-corrected chi connectivity index (χ4v) is 3.53. The lowest BCUT2D eigenvalue weighted by Crippen LogP contribution is -2.36. The lowest BCUT2D eigenvalue weighted by Gasteiger charge is -2.25. The highest BCUT2D eigenvalue weighted by molar-refractivity contribution is 5.95. The van der Waals surface area contributed by atoms with Gasteiger partial charge in [0, 0.05) is 6.42 Å².